The molecule has 30 heavy (non-hydrogen) atoms. The molecule has 2 fully saturated rings. The van der Waals surface area contributed by atoms with Gasteiger partial charge < -0.3 is 24.5 Å². The molecule has 0 spiro atoms. The van der Waals surface area contributed by atoms with Gasteiger partial charge in [0.15, 0.2) is 5.76 Å². The molecule has 2 N–H and O–H groups in total. The summed E-state index contributed by atoms with van der Waals surface area (Å²) in [5.41, 5.74) is 2.44. The number of anilines is 1. The molecule has 0 radical (unpaired) electrons. The van der Waals surface area contributed by atoms with Crippen molar-refractivity contribution in [2.45, 2.75) is 31.2 Å². The van der Waals surface area contributed by atoms with Crippen molar-refractivity contribution in [3.63, 3.8) is 0 Å². The van der Waals surface area contributed by atoms with Crippen LogP contribution in [0.2, 0.25) is 0 Å². The number of hydrogen-bond donors (Lipinski definition) is 2. The normalized spacial score (nSPS) is 25.1. The van der Waals surface area contributed by atoms with Crippen LogP contribution in [0.5, 0.6) is 0 Å². The lowest BCUT2D eigenvalue weighted by molar-refractivity contribution is 0.0652. The summed E-state index contributed by atoms with van der Waals surface area (Å²) in [5, 5.41) is 6.34. The van der Waals surface area contributed by atoms with Gasteiger partial charge in [-0.1, -0.05) is 17.7 Å². The van der Waals surface area contributed by atoms with Crippen molar-refractivity contribution in [2.24, 2.45) is 0 Å². The van der Waals surface area contributed by atoms with E-state index in [1.54, 1.807) is 18.5 Å². The van der Waals surface area contributed by atoms with Crippen molar-refractivity contribution in [2.75, 3.05) is 18.5 Å². The molecule has 4 heterocycles. The predicted molar refractivity (Wildman–Crippen MR) is 109 cm³/mol. The zero-order chi connectivity index (χ0) is 20.5. The van der Waals surface area contributed by atoms with E-state index in [1.807, 2.05) is 43.3 Å². The monoisotopic (exact) mass is 406 g/mol. The van der Waals surface area contributed by atoms with E-state index in [1.165, 1.54) is 0 Å². The molecule has 1 amide bonds. The summed E-state index contributed by atoms with van der Waals surface area (Å²) in [5.74, 6) is 1.03. The van der Waals surface area contributed by atoms with Crippen molar-refractivity contribution in [1.29, 1.82) is 0 Å². The van der Waals surface area contributed by atoms with E-state index in [-0.39, 0.29) is 30.2 Å². The number of aryl methyl sites for hydroxylation is 1. The Morgan fingerprint density at radius 3 is 2.57 bits per heavy atom. The fourth-order valence-electron chi connectivity index (χ4n) is 3.86. The van der Waals surface area contributed by atoms with Crippen molar-refractivity contribution in [3.05, 3.63) is 66.1 Å². The van der Waals surface area contributed by atoms with Crippen molar-refractivity contribution >= 4 is 11.9 Å². The maximum Gasteiger partial charge on any atom is 0.251 e. The second-order valence-electron chi connectivity index (χ2n) is 7.54. The Labute approximate surface area is 173 Å². The summed E-state index contributed by atoms with van der Waals surface area (Å²) in [6, 6.07) is 12.6. The molecule has 1 aromatic carbocycles. The highest BCUT2D eigenvalue weighted by Crippen LogP contribution is 2.29. The number of carbonyl (C=O) groups excluding carboxylic acids is 1. The number of nitrogens with one attached hydrogen (secondary N) is 2. The first-order valence-electron chi connectivity index (χ1n) is 9.91. The molecule has 8 nitrogen and oxygen atoms in total. The number of benzene rings is 1. The first-order valence-corrected chi connectivity index (χ1v) is 9.91. The van der Waals surface area contributed by atoms with Gasteiger partial charge in [0.25, 0.3) is 5.91 Å². The second-order valence-corrected chi connectivity index (χ2v) is 7.54. The molecular weight excluding hydrogens is 384 g/mol. The highest BCUT2D eigenvalue weighted by Gasteiger charge is 2.48. The number of carbonyl (C=O) groups is 1. The minimum Gasteiger partial charge on any atom is -0.463 e. The Kier molecular flexibility index (Phi) is 4.94. The van der Waals surface area contributed by atoms with Crippen LogP contribution in [-0.4, -0.2) is 53.4 Å². The number of aromatic nitrogens is 2. The summed E-state index contributed by atoms with van der Waals surface area (Å²) >= 11 is 0. The molecule has 0 aliphatic carbocycles. The Bertz CT molecular complexity index is 1020. The van der Waals surface area contributed by atoms with E-state index < -0.39 is 0 Å². The number of ether oxygens (including phenoxy) is 2. The first kappa shape index (κ1) is 18.8. The molecule has 154 valence electrons. The minimum atomic E-state index is -0.217. The molecule has 2 aliphatic heterocycles. The summed E-state index contributed by atoms with van der Waals surface area (Å²) in [6.07, 6.45) is 2.88. The smallest absolute Gasteiger partial charge is 0.251 e. The molecule has 2 aliphatic rings. The van der Waals surface area contributed by atoms with Crippen LogP contribution in [0.1, 0.15) is 15.9 Å². The average molecular weight is 406 g/mol. The van der Waals surface area contributed by atoms with Gasteiger partial charge in [0.1, 0.15) is 17.9 Å². The van der Waals surface area contributed by atoms with Crippen LogP contribution < -0.4 is 10.6 Å². The number of furan rings is 1. The summed E-state index contributed by atoms with van der Waals surface area (Å²) in [6.45, 7) is 2.84. The third-order valence-electron chi connectivity index (χ3n) is 5.43. The third-order valence-corrected chi connectivity index (χ3v) is 5.43. The fourth-order valence-corrected chi connectivity index (χ4v) is 3.86. The van der Waals surface area contributed by atoms with Gasteiger partial charge in [-0.3, -0.25) is 4.79 Å². The zero-order valence-electron chi connectivity index (χ0n) is 16.4. The lowest BCUT2D eigenvalue weighted by Crippen LogP contribution is -2.44. The largest absolute Gasteiger partial charge is 0.463 e. The maximum absolute atomic E-state index is 12.6. The molecule has 0 saturated carbocycles. The van der Waals surface area contributed by atoms with Gasteiger partial charge in [-0.25, -0.2) is 9.97 Å². The maximum atomic E-state index is 12.6. The van der Waals surface area contributed by atoms with E-state index in [9.17, 15) is 4.79 Å². The van der Waals surface area contributed by atoms with Crippen molar-refractivity contribution < 1.29 is 18.7 Å². The molecule has 8 heteroatoms. The van der Waals surface area contributed by atoms with Crippen LogP contribution in [0.25, 0.3) is 11.5 Å². The predicted octanol–water partition coefficient (Wildman–Crippen LogP) is 2.42. The van der Waals surface area contributed by atoms with Gasteiger partial charge in [0.2, 0.25) is 5.95 Å². The van der Waals surface area contributed by atoms with E-state index in [4.69, 9.17) is 13.9 Å². The number of rotatable bonds is 5. The van der Waals surface area contributed by atoms with Gasteiger partial charge in [0.05, 0.1) is 31.6 Å². The van der Waals surface area contributed by atoms with Gasteiger partial charge in [-0.2, -0.15) is 0 Å². The Balaban J connectivity index is 1.23. The van der Waals surface area contributed by atoms with Crippen LogP contribution in [0.3, 0.4) is 0 Å². The van der Waals surface area contributed by atoms with Gasteiger partial charge in [-0.15, -0.1) is 0 Å². The zero-order valence-corrected chi connectivity index (χ0v) is 16.4. The summed E-state index contributed by atoms with van der Waals surface area (Å²) < 4.78 is 17.3. The quantitative estimate of drug-likeness (QED) is 0.671. The van der Waals surface area contributed by atoms with Crippen LogP contribution >= 0.6 is 0 Å². The lowest BCUT2D eigenvalue weighted by atomic mass is 10.1. The number of amides is 1. The fraction of sp³-hybridized carbons (Fsp3) is 0.318. The molecule has 5 rings (SSSR count). The number of fused-ring (bicyclic) bond motifs is 1. The molecular formula is C22H22N4O4. The van der Waals surface area contributed by atoms with Gasteiger partial charge >= 0.3 is 0 Å². The Morgan fingerprint density at radius 2 is 1.80 bits per heavy atom. The molecule has 0 unspecified atom stereocenters. The average Bonchev–Trinajstić information content (AvgIpc) is 3.49. The van der Waals surface area contributed by atoms with Crippen LogP contribution in [-0.2, 0) is 9.47 Å². The Hall–Kier alpha value is -3.23. The van der Waals surface area contributed by atoms with E-state index in [0.29, 0.717) is 36.2 Å². The lowest BCUT2D eigenvalue weighted by Gasteiger charge is -2.18. The van der Waals surface area contributed by atoms with Crippen LogP contribution in [0.15, 0.2) is 59.3 Å². The van der Waals surface area contributed by atoms with Crippen molar-refractivity contribution in [1.82, 2.24) is 15.3 Å². The molecule has 4 atom stereocenters. The number of nitrogens with zero attached hydrogens (tertiary/aromatic N) is 2. The molecule has 2 saturated heterocycles. The summed E-state index contributed by atoms with van der Waals surface area (Å²) in [7, 11) is 0. The second kappa shape index (κ2) is 7.89. The topological polar surface area (TPSA) is 98.5 Å². The third kappa shape index (κ3) is 3.67. The van der Waals surface area contributed by atoms with Gasteiger partial charge in [0, 0.05) is 11.8 Å². The summed E-state index contributed by atoms with van der Waals surface area (Å²) in [4.78, 5) is 21.4. The highest BCUT2D eigenvalue weighted by molar-refractivity contribution is 5.94. The first-order chi connectivity index (χ1) is 14.7. The van der Waals surface area contributed by atoms with E-state index in [0.717, 1.165) is 5.56 Å². The van der Waals surface area contributed by atoms with Crippen molar-refractivity contribution in [3.8, 4) is 11.5 Å². The van der Waals surface area contributed by atoms with E-state index in [2.05, 4.69) is 20.6 Å². The molecule has 2 aromatic heterocycles. The Morgan fingerprint density at radius 1 is 1.03 bits per heavy atom. The standard InChI is InChI=1S/C22H22N4O4/c1-13-4-6-14(7-5-13)21(27)24-16-11-29-20-17(12-30-19(16)20)26-22-23-9-8-15(25-22)18-3-2-10-28-18/h2-10,16-17,19-20H,11-12H2,1H3,(H,24,27)(H,23,25,26)/t16-,17+,19-,20+/m1/s1. The van der Waals surface area contributed by atoms with Gasteiger partial charge in [-0.05, 0) is 37.3 Å². The molecule has 0 bridgehead atoms. The molecule has 3 aromatic rings. The highest BCUT2D eigenvalue weighted by atomic mass is 16.6. The van der Waals surface area contributed by atoms with E-state index >= 15 is 0 Å². The minimum absolute atomic E-state index is 0.108. The van der Waals surface area contributed by atoms with Crippen LogP contribution in [0.4, 0.5) is 5.95 Å². The van der Waals surface area contributed by atoms with Crippen LogP contribution in [0, 0.1) is 6.92 Å². The SMILES string of the molecule is Cc1ccc(C(=O)N[C@@H]2CO[C@@H]3[C@@H]2OC[C@@H]3Nc2nccc(-c3ccco3)n2)cc1. The number of hydrogen-bond acceptors (Lipinski definition) is 7.